The van der Waals surface area contributed by atoms with Gasteiger partial charge in [0.05, 0.1) is 0 Å². The van der Waals surface area contributed by atoms with Crippen LogP contribution in [0.15, 0.2) is 29.2 Å². The predicted octanol–water partition coefficient (Wildman–Crippen LogP) is 2.79. The van der Waals surface area contributed by atoms with E-state index in [-0.39, 0.29) is 13.5 Å². The van der Waals surface area contributed by atoms with E-state index in [0.717, 1.165) is 4.90 Å². The van der Waals surface area contributed by atoms with E-state index >= 15 is 0 Å². The lowest BCUT2D eigenvalue weighted by Gasteiger charge is -1.97. The van der Waals surface area contributed by atoms with Crippen molar-refractivity contribution in [3.05, 3.63) is 29.8 Å². The Morgan fingerprint density at radius 1 is 1.18 bits per heavy atom. The minimum absolute atomic E-state index is 0. The van der Waals surface area contributed by atoms with E-state index in [1.54, 1.807) is 0 Å². The normalized spacial score (nSPS) is 10.9. The summed E-state index contributed by atoms with van der Waals surface area (Å²) in [5.41, 5.74) is -4.25. The zero-order valence-electron chi connectivity index (χ0n) is 8.56. The number of hydrogen-bond donors (Lipinski definition) is 2. The van der Waals surface area contributed by atoms with Gasteiger partial charge in [-0.15, -0.1) is 12.6 Å². The van der Waals surface area contributed by atoms with Crippen molar-refractivity contribution in [1.29, 1.82) is 0 Å². The van der Waals surface area contributed by atoms with Crippen molar-refractivity contribution in [2.24, 2.45) is 0 Å². The monoisotopic (exact) mass is 308 g/mol. The van der Waals surface area contributed by atoms with Gasteiger partial charge in [-0.25, -0.2) is 0 Å². The second-order valence-corrected chi connectivity index (χ2v) is 4.69. The highest BCUT2D eigenvalue weighted by Crippen LogP contribution is 2.20. The summed E-state index contributed by atoms with van der Waals surface area (Å²) < 4.78 is 57.5. The first-order valence-electron chi connectivity index (χ1n) is 3.83. The topological polar surface area (TPSA) is 54.4 Å². The van der Waals surface area contributed by atoms with Gasteiger partial charge in [-0.05, 0) is 19.1 Å². The number of benzene rings is 1. The summed E-state index contributed by atoms with van der Waals surface area (Å²) in [6.45, 7) is 2.06. The van der Waals surface area contributed by atoms with E-state index in [0.29, 0.717) is 0 Å². The quantitative estimate of drug-likeness (QED) is 0.440. The summed E-state index contributed by atoms with van der Waals surface area (Å²) in [4.78, 5) is 1.02. The molecule has 1 aromatic rings. The molecule has 9 heteroatoms. The van der Waals surface area contributed by atoms with Gasteiger partial charge in [-0.3, -0.25) is 4.55 Å². The molecule has 0 aliphatic rings. The second kappa shape index (κ2) is 7.14. The van der Waals surface area contributed by atoms with Crippen LogP contribution in [0.25, 0.3) is 0 Å². The molecule has 0 atom stereocenters. The molecule has 0 radical (unpaired) electrons. The maximum absolute atomic E-state index is 10.7. The molecule has 0 aromatic heterocycles. The summed E-state index contributed by atoms with van der Waals surface area (Å²) in [7, 11) is -5.84. The van der Waals surface area contributed by atoms with E-state index in [2.05, 4.69) is 19.6 Å². The summed E-state index contributed by atoms with van der Waals surface area (Å²) in [5, 5.41) is 0. The Morgan fingerprint density at radius 2 is 1.47 bits per heavy atom. The van der Waals surface area contributed by atoms with Crippen molar-refractivity contribution in [1.82, 2.24) is 0 Å². The zero-order valence-corrected chi connectivity index (χ0v) is 11.3. The fourth-order valence-electron chi connectivity index (χ4n) is 0.545. The number of thiol groups is 1. The molecule has 0 heterocycles. The molecule has 1 rings (SSSR count). The molecule has 0 unspecified atom stereocenters. The van der Waals surface area contributed by atoms with Gasteiger partial charge in [0.15, 0.2) is 0 Å². The Kier molecular flexibility index (Phi) is 7.97. The van der Waals surface area contributed by atoms with E-state index in [1.807, 2.05) is 24.3 Å². The van der Waals surface area contributed by atoms with Gasteiger partial charge in [0, 0.05) is 4.90 Å². The van der Waals surface area contributed by atoms with E-state index in [1.165, 1.54) is 5.56 Å². The molecule has 0 aliphatic carbocycles. The Hall–Kier alpha value is -0.380. The van der Waals surface area contributed by atoms with Crippen LogP contribution in [-0.4, -0.2) is 18.5 Å². The summed E-state index contributed by atoms with van der Waals surface area (Å²) >= 11 is 4.13. The van der Waals surface area contributed by atoms with Gasteiger partial charge in [-0.2, -0.15) is 35.1 Å². The third-order valence-corrected chi connectivity index (χ3v) is 2.21. The first-order valence-corrected chi connectivity index (χ1v) is 5.72. The molecule has 0 bridgehead atoms. The lowest BCUT2D eigenvalue weighted by Crippen LogP contribution is -2.21. The van der Waals surface area contributed by atoms with Crippen LogP contribution < -0.4 is 0 Å². The van der Waals surface area contributed by atoms with Crippen LogP contribution in [0, 0.1) is 6.92 Å². The van der Waals surface area contributed by atoms with Gasteiger partial charge in [0.1, 0.15) is 0 Å². The molecule has 0 fully saturated rings. The van der Waals surface area contributed by atoms with Crippen LogP contribution in [0.2, 0.25) is 0 Å². The molecule has 0 saturated heterocycles. The highest BCUT2D eigenvalue weighted by molar-refractivity contribution is 7.86. The molecule has 1 N–H and O–H groups in total. The van der Waals surface area contributed by atoms with Crippen molar-refractivity contribution in [2.45, 2.75) is 17.3 Å². The van der Waals surface area contributed by atoms with Gasteiger partial charge in [0.25, 0.3) is 0 Å². The fourth-order valence-corrected chi connectivity index (χ4v) is 0.694. The first-order chi connectivity index (χ1) is 7.04. The zero-order chi connectivity index (χ0) is 13.0. The van der Waals surface area contributed by atoms with Crippen molar-refractivity contribution in [3.8, 4) is 0 Å². The molecule has 0 amide bonds. The van der Waals surface area contributed by atoms with Gasteiger partial charge >= 0.3 is 15.6 Å². The Labute approximate surface area is 110 Å². The lowest BCUT2D eigenvalue weighted by atomic mass is 10.2. The summed E-state index contributed by atoms with van der Waals surface area (Å²) in [6.07, 6.45) is 0. The number of rotatable bonds is 0. The SMILES string of the molecule is Cc1ccc(S)cc1.O=S(=O)(O)C(F)(F)F.S. The molecular weight excluding hydrogens is 297 g/mol. The Balaban J connectivity index is 0. The summed E-state index contributed by atoms with van der Waals surface area (Å²) in [5.74, 6) is 0. The van der Waals surface area contributed by atoms with E-state index in [9.17, 15) is 13.2 Å². The van der Waals surface area contributed by atoms with Gasteiger partial charge < -0.3 is 0 Å². The average Bonchev–Trinajstić information content (AvgIpc) is 2.08. The molecule has 1 aromatic carbocycles. The highest BCUT2D eigenvalue weighted by atomic mass is 32.2. The maximum Gasteiger partial charge on any atom is 0.522 e. The maximum atomic E-state index is 10.7. The van der Waals surface area contributed by atoms with Crippen molar-refractivity contribution in [2.75, 3.05) is 0 Å². The van der Waals surface area contributed by atoms with Crippen molar-refractivity contribution < 1.29 is 26.1 Å². The average molecular weight is 308 g/mol. The van der Waals surface area contributed by atoms with Gasteiger partial charge in [-0.1, -0.05) is 17.7 Å². The Morgan fingerprint density at radius 3 is 1.65 bits per heavy atom. The third kappa shape index (κ3) is 8.36. The molecule has 0 spiro atoms. The lowest BCUT2D eigenvalue weighted by molar-refractivity contribution is -0.0510. The molecule has 3 nitrogen and oxygen atoms in total. The predicted molar refractivity (Wildman–Crippen MR) is 66.4 cm³/mol. The fraction of sp³-hybridized carbons (Fsp3) is 0.250. The minimum Gasteiger partial charge on any atom is -0.279 e. The molecule has 0 aliphatic heterocycles. The van der Waals surface area contributed by atoms with Crippen LogP contribution in [0.5, 0.6) is 0 Å². The van der Waals surface area contributed by atoms with Crippen molar-refractivity contribution >= 4 is 36.2 Å². The molecule has 17 heavy (non-hydrogen) atoms. The highest BCUT2D eigenvalue weighted by Gasteiger charge is 2.44. The molecular formula is C8H11F3O3S3. The smallest absolute Gasteiger partial charge is 0.279 e. The van der Waals surface area contributed by atoms with E-state index in [4.69, 9.17) is 13.0 Å². The molecule has 100 valence electrons. The Bertz CT molecular complexity index is 405. The summed E-state index contributed by atoms with van der Waals surface area (Å²) in [6, 6.07) is 8.06. The number of aryl methyl sites for hydroxylation is 1. The number of halogens is 3. The number of alkyl halides is 3. The molecule has 0 saturated carbocycles. The van der Waals surface area contributed by atoms with Crippen molar-refractivity contribution in [3.63, 3.8) is 0 Å². The first kappa shape index (κ1) is 19.0. The van der Waals surface area contributed by atoms with Crippen LogP contribution in [0.4, 0.5) is 13.2 Å². The van der Waals surface area contributed by atoms with Crippen LogP contribution in [-0.2, 0) is 10.1 Å². The largest absolute Gasteiger partial charge is 0.522 e. The van der Waals surface area contributed by atoms with Gasteiger partial charge in [0.2, 0.25) is 0 Å². The van der Waals surface area contributed by atoms with E-state index < -0.39 is 15.6 Å². The van der Waals surface area contributed by atoms with Crippen LogP contribution >= 0.6 is 26.1 Å². The minimum atomic E-state index is -5.84. The van der Waals surface area contributed by atoms with Crippen LogP contribution in [0.1, 0.15) is 5.56 Å². The standard InChI is InChI=1S/C7H8S.CHF3O3S.H2S/c1-6-2-4-7(8)5-3-6;2-1(3,4)8(5,6)7;/h2-5,8H,1H3;(H,5,6,7);1H2. The number of hydrogen-bond acceptors (Lipinski definition) is 3. The van der Waals surface area contributed by atoms with Crippen LogP contribution in [0.3, 0.4) is 0 Å². The third-order valence-electron chi connectivity index (χ3n) is 1.33. The second-order valence-electron chi connectivity index (χ2n) is 2.76.